The van der Waals surface area contributed by atoms with E-state index in [2.05, 4.69) is 26.6 Å². The van der Waals surface area contributed by atoms with Gasteiger partial charge in [-0.15, -0.1) is 4.68 Å². The molecule has 4 aromatic rings. The molecule has 1 fully saturated rings. The van der Waals surface area contributed by atoms with E-state index in [-0.39, 0.29) is 17.4 Å². The van der Waals surface area contributed by atoms with E-state index >= 15 is 0 Å². The van der Waals surface area contributed by atoms with Crippen LogP contribution in [0.25, 0.3) is 16.6 Å². The third kappa shape index (κ3) is 4.17. The minimum Gasteiger partial charge on any atom is -0.482 e. The lowest BCUT2D eigenvalue weighted by atomic mass is 10.1. The smallest absolute Gasteiger partial charge is 0.353 e. The molecule has 1 aliphatic heterocycles. The van der Waals surface area contributed by atoms with Crippen LogP contribution in [0, 0.1) is 27.3 Å². The molecule has 0 unspecified atom stereocenters. The Kier molecular flexibility index (Phi) is 5.84. The van der Waals surface area contributed by atoms with Crippen LogP contribution in [0.5, 0.6) is 5.75 Å². The zero-order valence-corrected chi connectivity index (χ0v) is 18.8. The molecule has 1 N–H and O–H groups in total. The number of nitriles is 1. The summed E-state index contributed by atoms with van der Waals surface area (Å²) in [6, 6.07) is 6.44. The van der Waals surface area contributed by atoms with E-state index in [1.807, 2.05) is 0 Å². The topological polar surface area (TPSA) is 136 Å². The van der Waals surface area contributed by atoms with Crippen molar-refractivity contribution < 1.29 is 14.1 Å². The molecule has 0 radical (unpaired) electrons. The molecule has 4 aromatic heterocycles. The summed E-state index contributed by atoms with van der Waals surface area (Å²) in [5.74, 6) is -0.284. The fourth-order valence-corrected chi connectivity index (χ4v) is 4.34. The van der Waals surface area contributed by atoms with Crippen molar-refractivity contribution in [3.63, 3.8) is 0 Å². The van der Waals surface area contributed by atoms with E-state index in [4.69, 9.17) is 4.74 Å². The quantitative estimate of drug-likeness (QED) is 0.329. The number of hydrogen-bond donors (Lipinski definition) is 1. The highest BCUT2D eigenvalue weighted by atomic mass is 19.1. The van der Waals surface area contributed by atoms with Crippen molar-refractivity contribution in [2.45, 2.75) is 31.9 Å². The maximum atomic E-state index is 13.3. The van der Waals surface area contributed by atoms with Crippen LogP contribution in [0.15, 0.2) is 43.0 Å². The van der Waals surface area contributed by atoms with Crippen LogP contribution < -0.4 is 10.1 Å². The Hall–Kier alpha value is -4.37. The van der Waals surface area contributed by atoms with Crippen molar-refractivity contribution in [2.75, 3.05) is 13.1 Å². The maximum Gasteiger partial charge on any atom is 0.353 e. The molecular formula is C23H21FN8O3. The standard InChI is InChI=1S/C23H21FN8O3/c1-14(20-3-2-17(24)11-27-20)35-21-8-15(13-30-22(21)16(9-25)10-28-30)19-12-29-31(23(19)32(33)34)18-4-6-26-7-5-18/h2-3,8,10-14,18,26H,4-7H2,1H3/t14-/m1/s1. The van der Waals surface area contributed by atoms with Gasteiger partial charge in [-0.2, -0.15) is 10.4 Å². The van der Waals surface area contributed by atoms with Crippen LogP contribution >= 0.6 is 0 Å². The SMILES string of the molecule is C[C@@H](Oc1cc(-c2cnn(C3CCNCC3)c2[N+](=O)[O-])cn2ncc(C#N)c12)c1ccc(F)cn1. The van der Waals surface area contributed by atoms with Gasteiger partial charge in [0.1, 0.15) is 46.4 Å². The fraction of sp³-hybridized carbons (Fsp3) is 0.304. The summed E-state index contributed by atoms with van der Waals surface area (Å²) in [5, 5.41) is 33.5. The number of hydrogen-bond acceptors (Lipinski definition) is 8. The number of ether oxygens (including phenoxy) is 1. The highest BCUT2D eigenvalue weighted by Gasteiger charge is 2.31. The third-order valence-electron chi connectivity index (χ3n) is 6.08. The normalized spacial score (nSPS) is 15.1. The van der Waals surface area contributed by atoms with Gasteiger partial charge in [-0.25, -0.2) is 8.91 Å². The number of nitrogens with zero attached hydrogens (tertiary/aromatic N) is 7. The lowest BCUT2D eigenvalue weighted by Gasteiger charge is -2.19. The Balaban J connectivity index is 1.61. The van der Waals surface area contributed by atoms with Crippen LogP contribution in [0.2, 0.25) is 0 Å². The molecular weight excluding hydrogens is 455 g/mol. The Morgan fingerprint density at radius 2 is 2.09 bits per heavy atom. The van der Waals surface area contributed by atoms with Gasteiger partial charge in [-0.3, -0.25) is 4.98 Å². The summed E-state index contributed by atoms with van der Waals surface area (Å²) in [4.78, 5) is 15.7. The van der Waals surface area contributed by atoms with Gasteiger partial charge >= 0.3 is 5.82 Å². The highest BCUT2D eigenvalue weighted by molar-refractivity contribution is 5.78. The number of rotatable bonds is 6. The monoisotopic (exact) mass is 476 g/mol. The second-order valence-electron chi connectivity index (χ2n) is 8.28. The van der Waals surface area contributed by atoms with Gasteiger partial charge in [0.05, 0.1) is 24.3 Å². The number of halogens is 1. The van der Waals surface area contributed by atoms with E-state index < -0.39 is 16.8 Å². The molecule has 0 spiro atoms. The molecule has 5 heterocycles. The van der Waals surface area contributed by atoms with Crippen LogP contribution in [0.4, 0.5) is 10.2 Å². The van der Waals surface area contributed by atoms with Crippen LogP contribution in [0.1, 0.15) is 43.2 Å². The van der Waals surface area contributed by atoms with Gasteiger partial charge in [0, 0.05) is 24.6 Å². The molecule has 35 heavy (non-hydrogen) atoms. The van der Waals surface area contributed by atoms with E-state index in [0.29, 0.717) is 28.1 Å². The second-order valence-corrected chi connectivity index (χ2v) is 8.28. The van der Waals surface area contributed by atoms with Gasteiger partial charge in [-0.1, -0.05) is 5.10 Å². The summed E-state index contributed by atoms with van der Waals surface area (Å²) in [6.07, 6.45) is 6.47. The summed E-state index contributed by atoms with van der Waals surface area (Å²) in [5.41, 5.74) is 1.97. The number of aromatic nitrogens is 5. The largest absolute Gasteiger partial charge is 0.482 e. The minimum atomic E-state index is -0.594. The minimum absolute atomic E-state index is 0.0793. The first-order valence-corrected chi connectivity index (χ1v) is 11.1. The summed E-state index contributed by atoms with van der Waals surface area (Å²) >= 11 is 0. The lowest BCUT2D eigenvalue weighted by molar-refractivity contribution is -0.392. The van der Waals surface area contributed by atoms with E-state index in [9.17, 15) is 19.8 Å². The zero-order chi connectivity index (χ0) is 24.5. The van der Waals surface area contributed by atoms with Crippen LogP contribution in [0.3, 0.4) is 0 Å². The second kappa shape index (κ2) is 9.11. The molecule has 11 nitrogen and oxygen atoms in total. The molecule has 1 aliphatic rings. The fourth-order valence-electron chi connectivity index (χ4n) is 4.34. The number of fused-ring (bicyclic) bond motifs is 1. The first-order valence-electron chi connectivity index (χ1n) is 11.1. The Bertz CT molecular complexity index is 1430. The van der Waals surface area contributed by atoms with Crippen molar-refractivity contribution in [2.24, 2.45) is 0 Å². The van der Waals surface area contributed by atoms with Crippen molar-refractivity contribution in [1.29, 1.82) is 5.26 Å². The Labute approximate surface area is 198 Å². The summed E-state index contributed by atoms with van der Waals surface area (Å²) in [7, 11) is 0. The number of piperidine rings is 1. The van der Waals surface area contributed by atoms with Crippen molar-refractivity contribution in [3.8, 4) is 22.9 Å². The molecule has 0 bridgehead atoms. The first-order chi connectivity index (χ1) is 17.0. The number of pyridine rings is 2. The first kappa shape index (κ1) is 22.4. The summed E-state index contributed by atoms with van der Waals surface area (Å²) < 4.78 is 22.4. The van der Waals surface area contributed by atoms with Gasteiger partial charge in [0.15, 0.2) is 0 Å². The molecule has 178 valence electrons. The van der Waals surface area contributed by atoms with Gasteiger partial charge in [0.25, 0.3) is 0 Å². The van der Waals surface area contributed by atoms with Crippen molar-refractivity contribution in [1.82, 2.24) is 29.7 Å². The Morgan fingerprint density at radius 3 is 2.77 bits per heavy atom. The van der Waals surface area contributed by atoms with E-state index in [1.165, 1.54) is 33.7 Å². The molecule has 1 atom stereocenters. The molecule has 12 heteroatoms. The predicted molar refractivity (Wildman–Crippen MR) is 122 cm³/mol. The van der Waals surface area contributed by atoms with Gasteiger partial charge < -0.3 is 20.2 Å². The number of nitro groups is 1. The Morgan fingerprint density at radius 1 is 1.29 bits per heavy atom. The van der Waals surface area contributed by atoms with Crippen molar-refractivity contribution in [3.05, 3.63) is 70.2 Å². The zero-order valence-electron chi connectivity index (χ0n) is 18.8. The predicted octanol–water partition coefficient (Wildman–Crippen LogP) is 3.58. The van der Waals surface area contributed by atoms with E-state index in [1.54, 1.807) is 19.2 Å². The van der Waals surface area contributed by atoms with Crippen LogP contribution in [-0.4, -0.2) is 42.4 Å². The van der Waals surface area contributed by atoms with Gasteiger partial charge in [0.2, 0.25) is 0 Å². The molecule has 0 aliphatic carbocycles. The van der Waals surface area contributed by atoms with Gasteiger partial charge in [-0.05, 0) is 43.1 Å². The molecule has 1 saturated heterocycles. The third-order valence-corrected chi connectivity index (χ3v) is 6.08. The summed E-state index contributed by atoms with van der Waals surface area (Å²) in [6.45, 7) is 3.27. The van der Waals surface area contributed by atoms with Crippen molar-refractivity contribution >= 4 is 11.3 Å². The average Bonchev–Trinajstić information content (AvgIpc) is 3.49. The molecule has 0 saturated carbocycles. The lowest BCUT2D eigenvalue weighted by Crippen LogP contribution is -2.30. The highest BCUT2D eigenvalue weighted by Crippen LogP contribution is 2.38. The molecule has 0 aromatic carbocycles. The average molecular weight is 476 g/mol. The maximum absolute atomic E-state index is 13.3. The van der Waals surface area contributed by atoms with E-state index in [0.717, 1.165) is 32.1 Å². The molecule has 0 amide bonds. The van der Waals surface area contributed by atoms with Crippen LogP contribution in [-0.2, 0) is 0 Å². The molecule has 5 rings (SSSR count). The number of nitrogens with one attached hydrogen (secondary N) is 1.